The molecule has 6 heteroatoms. The SMILES string of the molecule is O=C(COc1ccc(Br)cc1F)N1CCC(c2ccccc2)=N1. The van der Waals surface area contributed by atoms with Gasteiger partial charge in [-0.05, 0) is 23.8 Å². The normalized spacial score (nSPS) is 13.8. The van der Waals surface area contributed by atoms with Gasteiger partial charge in [0.25, 0.3) is 5.91 Å². The molecule has 0 unspecified atom stereocenters. The summed E-state index contributed by atoms with van der Waals surface area (Å²) >= 11 is 3.17. The molecule has 0 aromatic heterocycles. The van der Waals surface area contributed by atoms with Crippen LogP contribution >= 0.6 is 15.9 Å². The molecule has 118 valence electrons. The highest BCUT2D eigenvalue weighted by atomic mass is 79.9. The molecule has 23 heavy (non-hydrogen) atoms. The number of carbonyl (C=O) groups is 1. The molecule has 0 atom stereocenters. The van der Waals surface area contributed by atoms with Crippen molar-refractivity contribution in [3.8, 4) is 5.75 Å². The Morgan fingerprint density at radius 3 is 2.78 bits per heavy atom. The highest BCUT2D eigenvalue weighted by molar-refractivity contribution is 9.10. The summed E-state index contributed by atoms with van der Waals surface area (Å²) in [5, 5.41) is 5.70. The van der Waals surface area contributed by atoms with Crippen LogP contribution in [-0.2, 0) is 4.79 Å². The first kappa shape index (κ1) is 15.7. The van der Waals surface area contributed by atoms with Gasteiger partial charge < -0.3 is 4.74 Å². The summed E-state index contributed by atoms with van der Waals surface area (Å²) in [6.07, 6.45) is 0.697. The first-order valence-electron chi connectivity index (χ1n) is 7.14. The van der Waals surface area contributed by atoms with Crippen molar-refractivity contribution in [1.29, 1.82) is 0 Å². The number of rotatable bonds is 4. The van der Waals surface area contributed by atoms with Gasteiger partial charge >= 0.3 is 0 Å². The lowest BCUT2D eigenvalue weighted by Crippen LogP contribution is -2.29. The fourth-order valence-corrected chi connectivity index (χ4v) is 2.61. The predicted molar refractivity (Wildman–Crippen MR) is 88.9 cm³/mol. The molecule has 0 bridgehead atoms. The topological polar surface area (TPSA) is 41.9 Å². The van der Waals surface area contributed by atoms with Crippen molar-refractivity contribution in [1.82, 2.24) is 5.01 Å². The molecule has 1 aliphatic heterocycles. The lowest BCUT2D eigenvalue weighted by Gasteiger charge is -2.12. The molecular formula is C17H14BrFN2O2. The van der Waals surface area contributed by atoms with Crippen molar-refractivity contribution in [3.05, 3.63) is 64.4 Å². The van der Waals surface area contributed by atoms with E-state index in [0.29, 0.717) is 17.4 Å². The summed E-state index contributed by atoms with van der Waals surface area (Å²) in [5.41, 5.74) is 1.87. The molecule has 4 nitrogen and oxygen atoms in total. The summed E-state index contributed by atoms with van der Waals surface area (Å²) in [5.74, 6) is -0.756. The van der Waals surface area contributed by atoms with E-state index in [1.807, 2.05) is 30.3 Å². The Labute approximate surface area is 141 Å². The quantitative estimate of drug-likeness (QED) is 0.817. The average Bonchev–Trinajstić information content (AvgIpc) is 3.05. The van der Waals surface area contributed by atoms with Gasteiger partial charge in [0.1, 0.15) is 0 Å². The van der Waals surface area contributed by atoms with Crippen LogP contribution in [0, 0.1) is 5.82 Å². The average molecular weight is 377 g/mol. The van der Waals surface area contributed by atoms with Crippen LogP contribution in [0.15, 0.2) is 58.1 Å². The molecule has 2 aromatic rings. The van der Waals surface area contributed by atoms with Gasteiger partial charge in [-0.15, -0.1) is 0 Å². The monoisotopic (exact) mass is 376 g/mol. The summed E-state index contributed by atoms with van der Waals surface area (Å²) in [7, 11) is 0. The van der Waals surface area contributed by atoms with E-state index >= 15 is 0 Å². The summed E-state index contributed by atoms with van der Waals surface area (Å²) in [6.45, 7) is 0.263. The van der Waals surface area contributed by atoms with E-state index in [0.717, 1.165) is 11.3 Å². The van der Waals surface area contributed by atoms with E-state index in [2.05, 4.69) is 21.0 Å². The van der Waals surface area contributed by atoms with Crippen LogP contribution in [0.5, 0.6) is 5.75 Å². The molecule has 0 radical (unpaired) electrons. The van der Waals surface area contributed by atoms with E-state index in [1.54, 1.807) is 6.07 Å². The number of hydrazone groups is 1. The van der Waals surface area contributed by atoms with Gasteiger partial charge in [0.2, 0.25) is 0 Å². The third-order valence-electron chi connectivity index (χ3n) is 3.44. The minimum absolute atomic E-state index is 0.0491. The fraction of sp³-hybridized carbons (Fsp3) is 0.176. The standard InChI is InChI=1S/C17H14BrFN2O2/c18-13-6-7-16(14(19)10-13)23-11-17(22)21-9-8-15(20-21)12-4-2-1-3-5-12/h1-7,10H,8-9,11H2. The number of hydrogen-bond acceptors (Lipinski definition) is 3. The van der Waals surface area contributed by atoms with E-state index in [4.69, 9.17) is 4.74 Å². The highest BCUT2D eigenvalue weighted by Crippen LogP contribution is 2.21. The first-order chi connectivity index (χ1) is 11.1. The predicted octanol–water partition coefficient (Wildman–Crippen LogP) is 3.60. The molecule has 0 aliphatic carbocycles. The Morgan fingerprint density at radius 1 is 1.26 bits per heavy atom. The van der Waals surface area contributed by atoms with Crippen molar-refractivity contribution < 1.29 is 13.9 Å². The van der Waals surface area contributed by atoms with E-state index in [1.165, 1.54) is 17.1 Å². The third-order valence-corrected chi connectivity index (χ3v) is 3.94. The molecule has 1 aliphatic rings. The zero-order valence-electron chi connectivity index (χ0n) is 12.2. The Bertz CT molecular complexity index is 750. The van der Waals surface area contributed by atoms with Gasteiger partial charge in [0.05, 0.1) is 12.3 Å². The van der Waals surface area contributed by atoms with Crippen LogP contribution in [0.3, 0.4) is 0 Å². The van der Waals surface area contributed by atoms with Crippen LogP contribution in [0.2, 0.25) is 0 Å². The van der Waals surface area contributed by atoms with Gasteiger partial charge in [0, 0.05) is 10.9 Å². The van der Waals surface area contributed by atoms with Crippen LogP contribution < -0.4 is 4.74 Å². The van der Waals surface area contributed by atoms with Gasteiger partial charge in [-0.1, -0.05) is 46.3 Å². The van der Waals surface area contributed by atoms with Crippen molar-refractivity contribution in [2.75, 3.05) is 13.2 Å². The molecule has 0 N–H and O–H groups in total. The van der Waals surface area contributed by atoms with Crippen LogP contribution in [0.1, 0.15) is 12.0 Å². The maximum absolute atomic E-state index is 13.7. The van der Waals surface area contributed by atoms with Gasteiger partial charge in [-0.2, -0.15) is 5.10 Å². The summed E-state index contributed by atoms with van der Waals surface area (Å²) < 4.78 is 19.5. The van der Waals surface area contributed by atoms with Gasteiger partial charge in [-0.3, -0.25) is 4.79 Å². The number of carbonyl (C=O) groups excluding carboxylic acids is 1. The zero-order valence-corrected chi connectivity index (χ0v) is 13.8. The van der Waals surface area contributed by atoms with E-state index in [-0.39, 0.29) is 18.3 Å². The highest BCUT2D eigenvalue weighted by Gasteiger charge is 2.22. The van der Waals surface area contributed by atoms with Crippen molar-refractivity contribution in [2.24, 2.45) is 5.10 Å². The number of benzene rings is 2. The fourth-order valence-electron chi connectivity index (χ4n) is 2.28. The minimum Gasteiger partial charge on any atom is -0.481 e. The molecule has 3 rings (SSSR count). The lowest BCUT2D eigenvalue weighted by molar-refractivity contribution is -0.132. The van der Waals surface area contributed by atoms with Gasteiger partial charge in [0.15, 0.2) is 18.2 Å². The number of ether oxygens (including phenoxy) is 1. The van der Waals surface area contributed by atoms with Crippen LogP contribution in [-0.4, -0.2) is 29.8 Å². The Morgan fingerprint density at radius 2 is 2.04 bits per heavy atom. The Balaban J connectivity index is 1.62. The van der Waals surface area contributed by atoms with Crippen molar-refractivity contribution >= 4 is 27.5 Å². The molecule has 1 amide bonds. The zero-order chi connectivity index (χ0) is 16.2. The minimum atomic E-state index is -0.512. The largest absolute Gasteiger partial charge is 0.481 e. The molecular weight excluding hydrogens is 363 g/mol. The number of nitrogens with zero attached hydrogens (tertiary/aromatic N) is 2. The first-order valence-corrected chi connectivity index (χ1v) is 7.94. The number of hydrogen-bond donors (Lipinski definition) is 0. The summed E-state index contributed by atoms with van der Waals surface area (Å²) in [4.78, 5) is 12.1. The lowest BCUT2D eigenvalue weighted by atomic mass is 10.1. The van der Waals surface area contributed by atoms with Crippen molar-refractivity contribution in [2.45, 2.75) is 6.42 Å². The Kier molecular flexibility index (Phi) is 4.71. The molecule has 0 spiro atoms. The van der Waals surface area contributed by atoms with E-state index in [9.17, 15) is 9.18 Å². The summed E-state index contributed by atoms with van der Waals surface area (Å²) in [6, 6.07) is 14.1. The van der Waals surface area contributed by atoms with Crippen LogP contribution in [0.4, 0.5) is 4.39 Å². The maximum atomic E-state index is 13.7. The second-order valence-electron chi connectivity index (χ2n) is 5.04. The molecule has 1 heterocycles. The smallest absolute Gasteiger partial charge is 0.280 e. The number of amides is 1. The maximum Gasteiger partial charge on any atom is 0.280 e. The van der Waals surface area contributed by atoms with Gasteiger partial charge in [-0.25, -0.2) is 9.40 Å². The third kappa shape index (κ3) is 3.76. The van der Waals surface area contributed by atoms with Crippen molar-refractivity contribution in [3.63, 3.8) is 0 Å². The second-order valence-corrected chi connectivity index (χ2v) is 5.96. The molecule has 0 fully saturated rings. The molecule has 2 aromatic carbocycles. The van der Waals surface area contributed by atoms with Crippen LogP contribution in [0.25, 0.3) is 0 Å². The second kappa shape index (κ2) is 6.91. The number of halogens is 2. The van der Waals surface area contributed by atoms with E-state index < -0.39 is 5.82 Å². The molecule has 0 saturated heterocycles. The Hall–Kier alpha value is -2.21. The molecule has 0 saturated carbocycles.